The van der Waals surface area contributed by atoms with Gasteiger partial charge in [0.05, 0.1) is 6.04 Å². The number of aliphatic imine (C=N–C) groups is 1. The van der Waals surface area contributed by atoms with E-state index in [4.69, 9.17) is 4.74 Å². The number of hydrogen-bond donors (Lipinski definition) is 1. The molecular formula is C24H40N6O2. The summed E-state index contributed by atoms with van der Waals surface area (Å²) < 4.78 is 5.85. The zero-order chi connectivity index (χ0) is 22.9. The van der Waals surface area contributed by atoms with Crippen LogP contribution in [0.3, 0.4) is 0 Å². The van der Waals surface area contributed by atoms with E-state index in [2.05, 4.69) is 44.1 Å². The van der Waals surface area contributed by atoms with Gasteiger partial charge < -0.3 is 24.8 Å². The SMILES string of the molecule is CN=C(NCc1cccc(OCCN(C)C)c1)N1CCN(C(C)C(=O)N2CCCC2)CC1. The molecule has 1 N–H and O–H groups in total. The second-order valence-electron chi connectivity index (χ2n) is 8.93. The van der Waals surface area contributed by atoms with Crippen LogP contribution >= 0.6 is 0 Å². The molecule has 1 unspecified atom stereocenters. The van der Waals surface area contributed by atoms with Crippen molar-refractivity contribution in [2.75, 3.05) is 73.6 Å². The Morgan fingerprint density at radius 3 is 2.50 bits per heavy atom. The molecular weight excluding hydrogens is 404 g/mol. The molecule has 0 aliphatic carbocycles. The number of guanidine groups is 1. The van der Waals surface area contributed by atoms with E-state index >= 15 is 0 Å². The van der Waals surface area contributed by atoms with E-state index in [0.29, 0.717) is 13.2 Å². The Kier molecular flexibility index (Phi) is 9.17. The lowest BCUT2D eigenvalue weighted by atomic mass is 10.2. The van der Waals surface area contributed by atoms with Crippen molar-refractivity contribution in [3.05, 3.63) is 29.8 Å². The van der Waals surface area contributed by atoms with Crippen molar-refractivity contribution < 1.29 is 9.53 Å². The number of likely N-dealkylation sites (tertiary alicyclic amines) is 1. The van der Waals surface area contributed by atoms with E-state index in [9.17, 15) is 4.79 Å². The van der Waals surface area contributed by atoms with Gasteiger partial charge >= 0.3 is 0 Å². The molecule has 2 aliphatic rings. The summed E-state index contributed by atoms with van der Waals surface area (Å²) in [6, 6.07) is 8.17. The molecule has 0 bridgehead atoms. The third-order valence-corrected chi connectivity index (χ3v) is 6.30. The Bertz CT molecular complexity index is 755. The van der Waals surface area contributed by atoms with E-state index in [1.807, 2.05) is 38.2 Å². The zero-order valence-corrected chi connectivity index (χ0v) is 20.2. The molecule has 0 aromatic heterocycles. The number of hydrogen-bond acceptors (Lipinski definition) is 5. The summed E-state index contributed by atoms with van der Waals surface area (Å²) in [6.45, 7) is 9.63. The minimum atomic E-state index is -0.0412. The van der Waals surface area contributed by atoms with Gasteiger partial charge in [-0.2, -0.15) is 0 Å². The van der Waals surface area contributed by atoms with Crippen LogP contribution in [0.1, 0.15) is 25.3 Å². The number of likely N-dealkylation sites (N-methyl/N-ethyl adjacent to an activating group) is 1. The van der Waals surface area contributed by atoms with Crippen LogP contribution in [0.5, 0.6) is 5.75 Å². The highest BCUT2D eigenvalue weighted by molar-refractivity contribution is 5.82. The minimum absolute atomic E-state index is 0.0412. The molecule has 2 heterocycles. The Balaban J connectivity index is 1.45. The summed E-state index contributed by atoms with van der Waals surface area (Å²) in [5.41, 5.74) is 1.16. The van der Waals surface area contributed by atoms with Crippen LogP contribution in [-0.2, 0) is 11.3 Å². The van der Waals surface area contributed by atoms with Crippen LogP contribution in [-0.4, -0.2) is 111 Å². The Labute approximate surface area is 193 Å². The molecule has 2 saturated heterocycles. The molecule has 8 nitrogen and oxygen atoms in total. The molecule has 1 aromatic carbocycles. The maximum Gasteiger partial charge on any atom is 0.239 e. The number of piperazine rings is 1. The maximum atomic E-state index is 12.7. The first kappa shape index (κ1) is 24.3. The van der Waals surface area contributed by atoms with Crippen molar-refractivity contribution >= 4 is 11.9 Å². The molecule has 2 fully saturated rings. The summed E-state index contributed by atoms with van der Waals surface area (Å²) >= 11 is 0. The highest BCUT2D eigenvalue weighted by atomic mass is 16.5. The van der Waals surface area contributed by atoms with Gasteiger partial charge in [-0.3, -0.25) is 14.7 Å². The highest BCUT2D eigenvalue weighted by Crippen LogP contribution is 2.15. The molecule has 3 rings (SSSR count). The van der Waals surface area contributed by atoms with Gasteiger partial charge in [-0.05, 0) is 51.6 Å². The fourth-order valence-corrected chi connectivity index (χ4v) is 4.28. The molecule has 1 amide bonds. The number of benzene rings is 1. The number of ether oxygens (including phenoxy) is 1. The molecule has 0 saturated carbocycles. The summed E-state index contributed by atoms with van der Waals surface area (Å²) in [5, 5.41) is 3.49. The second kappa shape index (κ2) is 12.1. The molecule has 0 radical (unpaired) electrons. The van der Waals surface area contributed by atoms with E-state index in [1.54, 1.807) is 0 Å². The van der Waals surface area contributed by atoms with Crippen LogP contribution < -0.4 is 10.1 Å². The fraction of sp³-hybridized carbons (Fsp3) is 0.667. The van der Waals surface area contributed by atoms with Crippen molar-refractivity contribution in [2.45, 2.75) is 32.4 Å². The van der Waals surface area contributed by atoms with Crippen molar-refractivity contribution in [1.29, 1.82) is 0 Å². The van der Waals surface area contributed by atoms with Gasteiger partial charge in [-0.1, -0.05) is 12.1 Å². The van der Waals surface area contributed by atoms with Crippen LogP contribution in [0, 0.1) is 0 Å². The van der Waals surface area contributed by atoms with E-state index < -0.39 is 0 Å². The van der Waals surface area contributed by atoms with Crippen molar-refractivity contribution in [3.63, 3.8) is 0 Å². The number of nitrogens with one attached hydrogen (secondary N) is 1. The van der Waals surface area contributed by atoms with Gasteiger partial charge in [-0.15, -0.1) is 0 Å². The second-order valence-corrected chi connectivity index (χ2v) is 8.93. The smallest absolute Gasteiger partial charge is 0.239 e. The molecule has 1 aromatic rings. The fourth-order valence-electron chi connectivity index (χ4n) is 4.28. The molecule has 8 heteroatoms. The van der Waals surface area contributed by atoms with Gasteiger partial charge in [0.25, 0.3) is 0 Å². The number of carbonyl (C=O) groups is 1. The average Bonchev–Trinajstić information content (AvgIpc) is 3.34. The van der Waals surface area contributed by atoms with Gasteiger partial charge in [0.1, 0.15) is 12.4 Å². The van der Waals surface area contributed by atoms with Gasteiger partial charge in [0.2, 0.25) is 5.91 Å². The van der Waals surface area contributed by atoms with Crippen LogP contribution in [0.2, 0.25) is 0 Å². The van der Waals surface area contributed by atoms with E-state index in [0.717, 1.165) is 75.9 Å². The number of carbonyl (C=O) groups excluding carboxylic acids is 1. The monoisotopic (exact) mass is 444 g/mol. The first-order chi connectivity index (χ1) is 15.5. The highest BCUT2D eigenvalue weighted by Gasteiger charge is 2.30. The maximum absolute atomic E-state index is 12.7. The van der Waals surface area contributed by atoms with Crippen molar-refractivity contribution in [3.8, 4) is 5.75 Å². The summed E-state index contributed by atoms with van der Waals surface area (Å²) in [7, 11) is 5.91. The lowest BCUT2D eigenvalue weighted by molar-refractivity contribution is -0.135. The van der Waals surface area contributed by atoms with Crippen LogP contribution in [0.4, 0.5) is 0 Å². The van der Waals surface area contributed by atoms with Gasteiger partial charge in [0, 0.05) is 59.4 Å². The van der Waals surface area contributed by atoms with E-state index in [1.165, 1.54) is 0 Å². The van der Waals surface area contributed by atoms with Crippen molar-refractivity contribution in [1.82, 2.24) is 24.9 Å². The van der Waals surface area contributed by atoms with E-state index in [-0.39, 0.29) is 11.9 Å². The summed E-state index contributed by atoms with van der Waals surface area (Å²) in [4.78, 5) is 25.9. The first-order valence-corrected chi connectivity index (χ1v) is 11.8. The Morgan fingerprint density at radius 2 is 1.84 bits per heavy atom. The number of rotatable bonds is 8. The Hall–Kier alpha value is -2.32. The normalized spacial score (nSPS) is 18.8. The summed E-state index contributed by atoms with van der Waals surface area (Å²) in [5.74, 6) is 2.08. The molecule has 0 spiro atoms. The first-order valence-electron chi connectivity index (χ1n) is 11.8. The number of nitrogens with zero attached hydrogens (tertiary/aromatic N) is 5. The predicted molar refractivity (Wildman–Crippen MR) is 129 cm³/mol. The van der Waals surface area contributed by atoms with Gasteiger partial charge in [0.15, 0.2) is 5.96 Å². The summed E-state index contributed by atoms with van der Waals surface area (Å²) in [6.07, 6.45) is 2.28. The quantitative estimate of drug-likeness (QED) is 0.482. The molecule has 1 atom stereocenters. The lowest BCUT2D eigenvalue weighted by Crippen LogP contribution is -2.57. The van der Waals surface area contributed by atoms with Crippen LogP contribution in [0.15, 0.2) is 29.3 Å². The number of amides is 1. The lowest BCUT2D eigenvalue weighted by Gasteiger charge is -2.39. The molecule has 2 aliphatic heterocycles. The van der Waals surface area contributed by atoms with Gasteiger partial charge in [-0.25, -0.2) is 0 Å². The van der Waals surface area contributed by atoms with Crippen LogP contribution in [0.25, 0.3) is 0 Å². The third-order valence-electron chi connectivity index (χ3n) is 6.30. The molecule has 178 valence electrons. The average molecular weight is 445 g/mol. The Morgan fingerprint density at radius 1 is 1.12 bits per heavy atom. The minimum Gasteiger partial charge on any atom is -0.492 e. The standard InChI is InChI=1S/C24H40N6O2/c1-20(23(31)29-10-5-6-11-29)28-12-14-30(15-13-28)24(25-2)26-19-21-8-7-9-22(18-21)32-17-16-27(3)4/h7-9,18,20H,5-6,10-17,19H2,1-4H3,(H,25,26). The zero-order valence-electron chi connectivity index (χ0n) is 20.2. The topological polar surface area (TPSA) is 63.7 Å². The predicted octanol–water partition coefficient (Wildman–Crippen LogP) is 1.33. The third kappa shape index (κ3) is 6.84. The van der Waals surface area contributed by atoms with Crippen molar-refractivity contribution in [2.24, 2.45) is 4.99 Å². The largest absolute Gasteiger partial charge is 0.492 e. The molecule has 32 heavy (non-hydrogen) atoms.